The maximum atomic E-state index is 13.3. The first kappa shape index (κ1) is 56.4. The van der Waals surface area contributed by atoms with Crippen molar-refractivity contribution in [3.05, 3.63) is 0 Å². The average Bonchev–Trinajstić information content (AvgIpc) is 3.21. The Morgan fingerprint density at radius 2 is 0.534 bits per heavy atom. The van der Waals surface area contributed by atoms with Gasteiger partial charge < -0.3 is 14.2 Å². The summed E-state index contributed by atoms with van der Waals surface area (Å²) in [4.78, 5) is 38.8. The molecule has 0 aliphatic heterocycles. The highest BCUT2D eigenvalue weighted by atomic mass is 16.6. The van der Waals surface area contributed by atoms with Crippen LogP contribution < -0.4 is 0 Å². The number of carbonyl (C=O) groups excluding carboxylic acids is 3. The van der Waals surface area contributed by atoms with Gasteiger partial charge in [-0.25, -0.2) is 0 Å². The van der Waals surface area contributed by atoms with E-state index in [-0.39, 0.29) is 30.1 Å². The molecular formula is C52H100O6. The van der Waals surface area contributed by atoms with Gasteiger partial charge in [-0.1, -0.05) is 227 Å². The molecular weight excluding hydrogens is 721 g/mol. The van der Waals surface area contributed by atoms with Crippen LogP contribution >= 0.6 is 0 Å². The van der Waals surface area contributed by atoms with Gasteiger partial charge in [-0.05, 0) is 51.4 Å². The van der Waals surface area contributed by atoms with Gasteiger partial charge in [0, 0.05) is 19.3 Å². The molecule has 2 atom stereocenters. The summed E-state index contributed by atoms with van der Waals surface area (Å²) in [6.07, 6.45) is 45.7. The van der Waals surface area contributed by atoms with Crippen LogP contribution in [0.3, 0.4) is 0 Å². The van der Waals surface area contributed by atoms with Crippen LogP contribution in [0, 0.1) is 0 Å². The van der Waals surface area contributed by atoms with Gasteiger partial charge in [-0.15, -0.1) is 0 Å². The molecule has 6 nitrogen and oxygen atoms in total. The van der Waals surface area contributed by atoms with E-state index < -0.39 is 0 Å². The zero-order chi connectivity index (χ0) is 42.4. The molecule has 0 aromatic carbocycles. The van der Waals surface area contributed by atoms with E-state index in [9.17, 15) is 14.4 Å². The van der Waals surface area contributed by atoms with E-state index in [1.54, 1.807) is 0 Å². The predicted molar refractivity (Wildman–Crippen MR) is 247 cm³/mol. The molecule has 0 saturated carbocycles. The van der Waals surface area contributed by atoms with Crippen LogP contribution in [0.5, 0.6) is 0 Å². The lowest BCUT2D eigenvalue weighted by Crippen LogP contribution is -2.35. The van der Waals surface area contributed by atoms with E-state index in [2.05, 4.69) is 27.7 Å². The van der Waals surface area contributed by atoms with Crippen LogP contribution in [0.25, 0.3) is 0 Å². The summed E-state index contributed by atoms with van der Waals surface area (Å²) < 4.78 is 18.0. The van der Waals surface area contributed by atoms with Crippen molar-refractivity contribution in [2.24, 2.45) is 0 Å². The van der Waals surface area contributed by atoms with Gasteiger partial charge >= 0.3 is 17.9 Å². The number of ether oxygens (including phenoxy) is 3. The molecule has 0 radical (unpaired) electrons. The minimum absolute atomic E-state index is 0.0694. The van der Waals surface area contributed by atoms with Crippen LogP contribution in [-0.4, -0.2) is 36.7 Å². The Bertz CT molecular complexity index is 874. The summed E-state index contributed by atoms with van der Waals surface area (Å²) in [6.45, 7) is 9.54. The topological polar surface area (TPSA) is 78.9 Å². The summed E-state index contributed by atoms with van der Waals surface area (Å²) in [7, 11) is 0. The Hall–Kier alpha value is -1.59. The fourth-order valence-corrected chi connectivity index (χ4v) is 8.02. The van der Waals surface area contributed by atoms with Gasteiger partial charge in [0.2, 0.25) is 0 Å². The van der Waals surface area contributed by atoms with Gasteiger partial charge in [0.25, 0.3) is 0 Å². The maximum Gasteiger partial charge on any atom is 0.306 e. The van der Waals surface area contributed by atoms with Crippen LogP contribution in [0.15, 0.2) is 0 Å². The first-order chi connectivity index (χ1) is 28.5. The van der Waals surface area contributed by atoms with Crippen molar-refractivity contribution in [1.82, 2.24) is 0 Å². The first-order valence-electron chi connectivity index (χ1n) is 26.0. The number of carbonyl (C=O) groups is 3. The molecule has 0 spiro atoms. The van der Waals surface area contributed by atoms with E-state index in [0.717, 1.165) is 96.3 Å². The molecule has 0 aliphatic carbocycles. The van der Waals surface area contributed by atoms with Crippen LogP contribution in [-0.2, 0) is 28.6 Å². The Balaban J connectivity index is 5.03. The summed E-state index contributed by atoms with van der Waals surface area (Å²) in [5.41, 5.74) is 0. The molecule has 0 heterocycles. The highest BCUT2D eigenvalue weighted by Gasteiger charge is 2.28. The second-order valence-corrected chi connectivity index (χ2v) is 17.8. The summed E-state index contributed by atoms with van der Waals surface area (Å²) >= 11 is 0. The summed E-state index contributed by atoms with van der Waals surface area (Å²) in [5, 5.41) is 0. The first-order valence-corrected chi connectivity index (χ1v) is 26.0. The lowest BCUT2D eigenvalue weighted by molar-refractivity contribution is -0.169. The second-order valence-electron chi connectivity index (χ2n) is 17.8. The number of hydrogen-bond acceptors (Lipinski definition) is 6. The second kappa shape index (κ2) is 46.5. The largest absolute Gasteiger partial charge is 0.466 e. The predicted octanol–water partition coefficient (Wildman–Crippen LogP) is 16.8. The number of hydrogen-bond donors (Lipinski definition) is 0. The fourth-order valence-electron chi connectivity index (χ4n) is 8.02. The quantitative estimate of drug-likeness (QED) is 0.0346. The number of unbranched alkanes of at least 4 members (excludes halogenated alkanes) is 32. The van der Waals surface area contributed by atoms with Gasteiger partial charge in [0.1, 0.15) is 12.2 Å². The third-order valence-electron chi connectivity index (χ3n) is 11.9. The van der Waals surface area contributed by atoms with Gasteiger partial charge in [-0.3, -0.25) is 14.4 Å². The molecule has 58 heavy (non-hydrogen) atoms. The molecule has 0 aromatic heterocycles. The maximum absolute atomic E-state index is 13.3. The monoisotopic (exact) mass is 821 g/mol. The Labute approximate surface area is 361 Å². The standard InChI is InChI=1S/C52H100O6/c1-5-9-13-17-21-23-24-26-28-33-40-46-51(54)57-48(42-36-30-19-15-11-7-3)49(58-52(55)45-39-32-27-25-22-18-14-10-6-2)43-37-31-29-34-38-44-50(53)56-47-41-35-20-16-12-8-4/h48-49H,5-47H2,1-4H3. The fraction of sp³-hybridized carbons (Fsp3) is 0.942. The Morgan fingerprint density at radius 3 is 0.845 bits per heavy atom. The van der Waals surface area contributed by atoms with Crippen molar-refractivity contribution in [2.75, 3.05) is 6.61 Å². The number of esters is 3. The van der Waals surface area contributed by atoms with E-state index in [0.29, 0.717) is 25.9 Å². The summed E-state index contributed by atoms with van der Waals surface area (Å²) in [5.74, 6) is -0.336. The van der Waals surface area contributed by atoms with Crippen molar-refractivity contribution < 1.29 is 28.6 Å². The lowest BCUT2D eigenvalue weighted by atomic mass is 9.98. The molecule has 0 rings (SSSR count). The van der Waals surface area contributed by atoms with E-state index in [1.807, 2.05) is 0 Å². The zero-order valence-corrected chi connectivity index (χ0v) is 39.5. The Kier molecular flexibility index (Phi) is 45.2. The Morgan fingerprint density at radius 1 is 0.293 bits per heavy atom. The normalized spacial score (nSPS) is 12.4. The van der Waals surface area contributed by atoms with E-state index in [1.165, 1.54) is 154 Å². The third-order valence-corrected chi connectivity index (χ3v) is 11.9. The molecule has 0 saturated heterocycles. The minimum Gasteiger partial charge on any atom is -0.466 e. The summed E-state index contributed by atoms with van der Waals surface area (Å²) in [6, 6.07) is 0. The van der Waals surface area contributed by atoms with Crippen molar-refractivity contribution in [2.45, 2.75) is 310 Å². The van der Waals surface area contributed by atoms with Gasteiger partial charge in [0.15, 0.2) is 0 Å². The highest BCUT2D eigenvalue weighted by molar-refractivity contribution is 5.70. The molecule has 0 fully saturated rings. The smallest absolute Gasteiger partial charge is 0.306 e. The van der Waals surface area contributed by atoms with Gasteiger partial charge in [-0.2, -0.15) is 0 Å². The van der Waals surface area contributed by atoms with Crippen LogP contribution in [0.4, 0.5) is 0 Å². The number of rotatable bonds is 47. The molecule has 0 amide bonds. The molecule has 0 bridgehead atoms. The molecule has 6 heteroatoms. The highest BCUT2D eigenvalue weighted by Crippen LogP contribution is 2.23. The molecule has 0 aromatic rings. The van der Waals surface area contributed by atoms with E-state index >= 15 is 0 Å². The average molecular weight is 821 g/mol. The zero-order valence-electron chi connectivity index (χ0n) is 39.5. The van der Waals surface area contributed by atoms with Crippen molar-refractivity contribution in [1.29, 1.82) is 0 Å². The van der Waals surface area contributed by atoms with E-state index in [4.69, 9.17) is 14.2 Å². The van der Waals surface area contributed by atoms with Crippen molar-refractivity contribution >= 4 is 17.9 Å². The molecule has 0 N–H and O–H groups in total. The van der Waals surface area contributed by atoms with Crippen molar-refractivity contribution in [3.63, 3.8) is 0 Å². The van der Waals surface area contributed by atoms with Crippen molar-refractivity contribution in [3.8, 4) is 0 Å². The third kappa shape index (κ3) is 41.2. The minimum atomic E-state index is -0.389. The molecule has 2 unspecified atom stereocenters. The lowest BCUT2D eigenvalue weighted by Gasteiger charge is -2.27. The van der Waals surface area contributed by atoms with Crippen LogP contribution in [0.1, 0.15) is 297 Å². The molecule has 0 aliphatic rings. The SMILES string of the molecule is CCCCCCCCCCCCCC(=O)OC(CCCCCCCC)C(CCCCCCCC(=O)OCCCCCCCC)OC(=O)CCCCCCCCCCC. The van der Waals surface area contributed by atoms with Gasteiger partial charge in [0.05, 0.1) is 6.61 Å². The molecule has 344 valence electrons. The van der Waals surface area contributed by atoms with Crippen LogP contribution in [0.2, 0.25) is 0 Å².